The van der Waals surface area contributed by atoms with E-state index in [1.165, 1.54) is 12.1 Å². The Labute approximate surface area is 92.6 Å². The molecule has 1 aromatic carbocycles. The Balaban J connectivity index is 2.25. The van der Waals surface area contributed by atoms with Gasteiger partial charge in [0.1, 0.15) is 12.0 Å². The average molecular weight is 227 g/mol. The number of nitrogens with one attached hydrogen (secondary N) is 1. The van der Waals surface area contributed by atoms with Crippen LogP contribution in [0.2, 0.25) is 0 Å². The van der Waals surface area contributed by atoms with Crippen molar-refractivity contribution in [3.63, 3.8) is 0 Å². The maximum absolute atomic E-state index is 12.6. The molecule has 5 nitrogen and oxygen atoms in total. The van der Waals surface area contributed by atoms with Gasteiger partial charge in [0, 0.05) is 11.5 Å². The zero-order chi connectivity index (χ0) is 12.0. The summed E-state index contributed by atoms with van der Waals surface area (Å²) in [5.74, 6) is -0.276. The largest absolute Gasteiger partial charge is 0.310 e. The Morgan fingerprint density at radius 3 is 2.62 bits per heavy atom. The van der Waals surface area contributed by atoms with Crippen LogP contribution in [0.25, 0.3) is 0 Å². The lowest BCUT2D eigenvalue weighted by Gasteiger charge is -2.09. The summed E-state index contributed by atoms with van der Waals surface area (Å²) in [5, 5.41) is 12.9. The number of rotatable bonds is 6. The fourth-order valence-electron chi connectivity index (χ4n) is 1.28. The highest BCUT2D eigenvalue weighted by atomic mass is 19.1. The van der Waals surface area contributed by atoms with Crippen LogP contribution in [0.4, 0.5) is 4.39 Å². The molecule has 3 N–H and O–H groups in total. The van der Waals surface area contributed by atoms with Gasteiger partial charge in [-0.05, 0) is 24.1 Å². The van der Waals surface area contributed by atoms with Gasteiger partial charge in [-0.2, -0.15) is 0 Å². The van der Waals surface area contributed by atoms with Crippen LogP contribution in [-0.4, -0.2) is 24.2 Å². The van der Waals surface area contributed by atoms with Gasteiger partial charge in [0.2, 0.25) is 6.54 Å². The molecule has 16 heavy (non-hydrogen) atoms. The number of nitrogens with two attached hydrogens (primary N) is 1. The third kappa shape index (κ3) is 4.81. The highest BCUT2D eigenvalue weighted by Gasteiger charge is 2.07. The van der Waals surface area contributed by atoms with Crippen LogP contribution in [0.3, 0.4) is 0 Å². The summed E-state index contributed by atoms with van der Waals surface area (Å²) in [4.78, 5) is 9.66. The quantitative estimate of drug-likeness (QED) is 0.421. The first-order valence-corrected chi connectivity index (χ1v) is 4.93. The van der Waals surface area contributed by atoms with Crippen molar-refractivity contribution in [1.82, 2.24) is 5.32 Å². The summed E-state index contributed by atoms with van der Waals surface area (Å²) in [6.45, 7) is 0.226. The molecule has 0 radical (unpaired) electrons. The maximum atomic E-state index is 12.6. The highest BCUT2D eigenvalue weighted by molar-refractivity contribution is 5.16. The number of hydrogen-bond acceptors (Lipinski definition) is 4. The molecule has 6 heteroatoms. The van der Waals surface area contributed by atoms with E-state index >= 15 is 0 Å². The number of nitro groups is 1. The normalized spacial score (nSPS) is 12.4. The van der Waals surface area contributed by atoms with Gasteiger partial charge < -0.3 is 5.73 Å². The molecule has 1 aromatic rings. The third-order valence-corrected chi connectivity index (χ3v) is 2.08. The lowest BCUT2D eigenvalue weighted by Crippen LogP contribution is -2.43. The molecule has 0 saturated heterocycles. The van der Waals surface area contributed by atoms with E-state index in [9.17, 15) is 14.5 Å². The summed E-state index contributed by atoms with van der Waals surface area (Å²) in [7, 11) is 0. The van der Waals surface area contributed by atoms with Gasteiger partial charge in [-0.3, -0.25) is 15.4 Å². The molecule has 0 aliphatic carbocycles. The van der Waals surface area contributed by atoms with Gasteiger partial charge in [-0.25, -0.2) is 4.39 Å². The van der Waals surface area contributed by atoms with E-state index in [0.29, 0.717) is 13.0 Å². The lowest BCUT2D eigenvalue weighted by atomic mass is 10.1. The number of hydrogen-bond donors (Lipinski definition) is 2. The smallest absolute Gasteiger partial charge is 0.231 e. The van der Waals surface area contributed by atoms with Crippen molar-refractivity contribution in [3.05, 3.63) is 45.8 Å². The van der Waals surface area contributed by atoms with Gasteiger partial charge >= 0.3 is 0 Å². The molecular formula is C10H14FN3O2. The minimum atomic E-state index is -0.643. The van der Waals surface area contributed by atoms with E-state index < -0.39 is 11.1 Å². The van der Waals surface area contributed by atoms with Gasteiger partial charge in [-0.15, -0.1) is 0 Å². The van der Waals surface area contributed by atoms with Crippen molar-refractivity contribution in [1.29, 1.82) is 0 Å². The molecule has 0 aliphatic rings. The molecule has 0 aromatic heterocycles. The zero-order valence-electron chi connectivity index (χ0n) is 8.73. The molecule has 0 bridgehead atoms. The number of nitrogens with zero attached hydrogens (tertiary/aromatic N) is 1. The van der Waals surface area contributed by atoms with E-state index in [1.54, 1.807) is 12.1 Å². The van der Waals surface area contributed by atoms with Crippen molar-refractivity contribution in [2.45, 2.75) is 12.6 Å². The summed E-state index contributed by atoms with van der Waals surface area (Å²) < 4.78 is 12.6. The number of benzene rings is 1. The first-order valence-electron chi connectivity index (χ1n) is 4.93. The van der Waals surface area contributed by atoms with E-state index in [2.05, 4.69) is 5.32 Å². The molecule has 0 heterocycles. The molecule has 1 atom stereocenters. The van der Waals surface area contributed by atoms with E-state index in [4.69, 9.17) is 5.73 Å². The monoisotopic (exact) mass is 227 g/mol. The van der Waals surface area contributed by atoms with Crippen LogP contribution in [0.5, 0.6) is 0 Å². The first-order chi connectivity index (χ1) is 7.58. The molecule has 0 saturated carbocycles. The first kappa shape index (κ1) is 12.5. The third-order valence-electron chi connectivity index (χ3n) is 2.08. The summed E-state index contributed by atoms with van der Waals surface area (Å²) in [5.41, 5.74) is 6.41. The Kier molecular flexibility index (Phi) is 4.81. The molecule has 88 valence electrons. The molecule has 1 unspecified atom stereocenters. The molecule has 0 spiro atoms. The fraction of sp³-hybridized carbons (Fsp3) is 0.400. The van der Waals surface area contributed by atoms with Crippen LogP contribution in [0, 0.1) is 15.9 Å². The predicted octanol–water partition coefficient (Wildman–Crippen LogP) is 0.519. The second kappa shape index (κ2) is 6.14. The van der Waals surface area contributed by atoms with Crippen molar-refractivity contribution < 1.29 is 9.31 Å². The molecule has 0 aliphatic heterocycles. The van der Waals surface area contributed by atoms with Crippen molar-refractivity contribution in [2.24, 2.45) is 5.73 Å². The highest BCUT2D eigenvalue weighted by Crippen LogP contribution is 2.02. The maximum Gasteiger partial charge on any atom is 0.231 e. The fourth-order valence-corrected chi connectivity index (χ4v) is 1.28. The summed E-state index contributed by atoms with van der Waals surface area (Å²) in [6, 6.07) is 6.12. The van der Waals surface area contributed by atoms with Gasteiger partial charge in [-0.1, -0.05) is 12.1 Å². The topological polar surface area (TPSA) is 81.2 Å². The molecule has 0 amide bonds. The second-order valence-electron chi connectivity index (χ2n) is 3.45. The van der Waals surface area contributed by atoms with Crippen LogP contribution >= 0.6 is 0 Å². The Morgan fingerprint density at radius 1 is 1.44 bits per heavy atom. The Hall–Kier alpha value is -1.53. The number of halogens is 1. The Bertz CT molecular complexity index is 342. The molecule has 0 fully saturated rings. The van der Waals surface area contributed by atoms with Gasteiger partial charge in [0.15, 0.2) is 0 Å². The van der Waals surface area contributed by atoms with Crippen LogP contribution < -0.4 is 11.1 Å². The zero-order valence-corrected chi connectivity index (χ0v) is 8.73. The van der Waals surface area contributed by atoms with Crippen LogP contribution in [0.15, 0.2) is 24.3 Å². The van der Waals surface area contributed by atoms with Crippen LogP contribution in [0.1, 0.15) is 5.56 Å². The Morgan fingerprint density at radius 2 is 2.06 bits per heavy atom. The molecular weight excluding hydrogens is 213 g/mol. The summed E-state index contributed by atoms with van der Waals surface area (Å²) >= 11 is 0. The minimum Gasteiger partial charge on any atom is -0.310 e. The standard InChI is InChI=1S/C10H14FN3O2/c11-9-3-1-8(2-4-9)5-6-13-10(12)7-14(15)16/h1-4,10,13H,5-7,12H2. The minimum absolute atomic E-state index is 0.276. The SMILES string of the molecule is NC(C[N+](=O)[O-])NCCc1ccc(F)cc1. The second-order valence-corrected chi connectivity index (χ2v) is 3.45. The lowest BCUT2D eigenvalue weighted by molar-refractivity contribution is -0.483. The predicted molar refractivity (Wildman–Crippen MR) is 57.9 cm³/mol. The van der Waals surface area contributed by atoms with Crippen molar-refractivity contribution in [2.75, 3.05) is 13.1 Å². The van der Waals surface area contributed by atoms with Crippen molar-refractivity contribution in [3.8, 4) is 0 Å². The molecule has 1 rings (SSSR count). The van der Waals surface area contributed by atoms with Gasteiger partial charge in [0.25, 0.3) is 0 Å². The average Bonchev–Trinajstić information content (AvgIpc) is 2.20. The summed E-state index contributed by atoms with van der Waals surface area (Å²) in [6.07, 6.45) is 0.0153. The van der Waals surface area contributed by atoms with Crippen molar-refractivity contribution >= 4 is 0 Å². The van der Waals surface area contributed by atoms with E-state index in [0.717, 1.165) is 5.56 Å². The van der Waals surface area contributed by atoms with E-state index in [1.807, 2.05) is 0 Å². The van der Waals surface area contributed by atoms with E-state index in [-0.39, 0.29) is 12.4 Å². The van der Waals surface area contributed by atoms with Crippen LogP contribution in [-0.2, 0) is 6.42 Å². The van der Waals surface area contributed by atoms with Gasteiger partial charge in [0.05, 0.1) is 0 Å².